The third-order valence-corrected chi connectivity index (χ3v) is 4.46. The Morgan fingerprint density at radius 3 is 2.92 bits per heavy atom. The van der Waals surface area contributed by atoms with Crippen LogP contribution in [0, 0.1) is 5.92 Å². The van der Waals surface area contributed by atoms with E-state index in [0.29, 0.717) is 6.54 Å². The highest BCUT2D eigenvalue weighted by Crippen LogP contribution is 2.24. The summed E-state index contributed by atoms with van der Waals surface area (Å²) in [5.41, 5.74) is 7.52. The number of amides is 1. The van der Waals surface area contributed by atoms with Crippen molar-refractivity contribution in [3.05, 3.63) is 48.4 Å². The molecule has 2 aromatic rings. The Balaban J connectivity index is 1.64. The number of primary amides is 1. The number of hydrogen-bond donors (Lipinski definition) is 2. The highest BCUT2D eigenvalue weighted by molar-refractivity contribution is 5.77. The second-order valence-electron chi connectivity index (χ2n) is 6.24. The molecular weight excluding hydrogens is 302 g/mol. The molecule has 126 valence electrons. The minimum atomic E-state index is -0.219. The lowest BCUT2D eigenvalue weighted by Crippen LogP contribution is -2.41. The average Bonchev–Trinajstić information content (AvgIpc) is 2.63. The molecule has 1 amide bonds. The highest BCUT2D eigenvalue weighted by Gasteiger charge is 2.24. The molecule has 2 aromatic heterocycles. The number of pyridine rings is 2. The normalized spacial score (nSPS) is 18.9. The van der Waals surface area contributed by atoms with Gasteiger partial charge >= 0.3 is 0 Å². The Morgan fingerprint density at radius 2 is 2.25 bits per heavy atom. The average molecular weight is 325 g/mol. The minimum Gasteiger partial charge on any atom is -0.377 e. The van der Waals surface area contributed by atoms with Crippen LogP contribution in [0.1, 0.15) is 31.4 Å². The molecule has 6 heteroatoms. The molecule has 3 N–H and O–H groups in total. The molecule has 3 heterocycles. The van der Waals surface area contributed by atoms with Gasteiger partial charge in [0, 0.05) is 25.5 Å². The summed E-state index contributed by atoms with van der Waals surface area (Å²) in [7, 11) is 0. The summed E-state index contributed by atoms with van der Waals surface area (Å²) < 4.78 is 0. The van der Waals surface area contributed by atoms with Crippen molar-refractivity contribution in [2.45, 2.75) is 25.8 Å². The van der Waals surface area contributed by atoms with Crippen molar-refractivity contribution in [3.8, 4) is 0 Å². The molecule has 24 heavy (non-hydrogen) atoms. The molecule has 0 aliphatic carbocycles. The first kappa shape index (κ1) is 16.2. The van der Waals surface area contributed by atoms with E-state index in [1.54, 1.807) is 6.20 Å². The lowest BCUT2D eigenvalue weighted by Gasteiger charge is -2.32. The van der Waals surface area contributed by atoms with Crippen molar-refractivity contribution in [2.75, 3.05) is 23.3 Å². The first-order valence-electron chi connectivity index (χ1n) is 8.30. The first-order chi connectivity index (χ1) is 11.6. The lowest BCUT2D eigenvalue weighted by molar-refractivity contribution is -0.122. The van der Waals surface area contributed by atoms with Crippen LogP contribution in [0.2, 0.25) is 0 Å². The number of nitrogens with zero attached hydrogens (tertiary/aromatic N) is 3. The van der Waals surface area contributed by atoms with Gasteiger partial charge in [-0.25, -0.2) is 4.98 Å². The maximum absolute atomic E-state index is 11.4. The summed E-state index contributed by atoms with van der Waals surface area (Å²) in [5, 5.41) is 3.42. The zero-order valence-corrected chi connectivity index (χ0v) is 13.9. The van der Waals surface area contributed by atoms with Gasteiger partial charge in [0.05, 0.1) is 23.8 Å². The van der Waals surface area contributed by atoms with E-state index < -0.39 is 0 Å². The van der Waals surface area contributed by atoms with Gasteiger partial charge in [0.2, 0.25) is 5.91 Å². The molecule has 2 atom stereocenters. The van der Waals surface area contributed by atoms with Gasteiger partial charge in [-0.05, 0) is 43.5 Å². The summed E-state index contributed by atoms with van der Waals surface area (Å²) in [6, 6.07) is 8.13. The Morgan fingerprint density at radius 1 is 1.38 bits per heavy atom. The van der Waals surface area contributed by atoms with E-state index in [-0.39, 0.29) is 17.9 Å². The number of rotatable bonds is 5. The van der Waals surface area contributed by atoms with Crippen LogP contribution >= 0.6 is 0 Å². The summed E-state index contributed by atoms with van der Waals surface area (Å²) >= 11 is 0. The van der Waals surface area contributed by atoms with Crippen molar-refractivity contribution in [3.63, 3.8) is 0 Å². The molecular formula is C18H23N5O. The largest absolute Gasteiger partial charge is 0.377 e. The van der Waals surface area contributed by atoms with E-state index in [1.807, 2.05) is 36.7 Å². The highest BCUT2D eigenvalue weighted by atomic mass is 16.1. The van der Waals surface area contributed by atoms with E-state index in [1.165, 1.54) is 0 Å². The molecule has 1 saturated heterocycles. The monoisotopic (exact) mass is 325 g/mol. The first-order valence-corrected chi connectivity index (χ1v) is 8.30. The van der Waals surface area contributed by atoms with Gasteiger partial charge in [-0.15, -0.1) is 0 Å². The number of nitrogens with two attached hydrogens (primary N) is 1. The Hall–Kier alpha value is -2.63. The number of carbonyl (C=O) groups is 1. The number of carbonyl (C=O) groups excluding carboxylic acids is 1. The Bertz CT molecular complexity index is 674. The van der Waals surface area contributed by atoms with Crippen LogP contribution in [-0.4, -0.2) is 29.0 Å². The number of anilines is 2. The molecule has 3 rings (SSSR count). The van der Waals surface area contributed by atoms with Crippen LogP contribution in [0.15, 0.2) is 42.9 Å². The van der Waals surface area contributed by atoms with Crippen LogP contribution in [0.25, 0.3) is 0 Å². The third-order valence-electron chi connectivity index (χ3n) is 4.46. The van der Waals surface area contributed by atoms with Gasteiger partial charge < -0.3 is 16.0 Å². The molecule has 1 aliphatic heterocycles. The maximum Gasteiger partial charge on any atom is 0.222 e. The number of hydrogen-bond acceptors (Lipinski definition) is 5. The quantitative estimate of drug-likeness (QED) is 0.881. The molecule has 1 fully saturated rings. The summed E-state index contributed by atoms with van der Waals surface area (Å²) in [6.07, 6.45) is 7.29. The lowest BCUT2D eigenvalue weighted by atomic mass is 9.97. The van der Waals surface area contributed by atoms with E-state index >= 15 is 0 Å². The topological polar surface area (TPSA) is 84.1 Å². The zero-order valence-electron chi connectivity index (χ0n) is 13.9. The van der Waals surface area contributed by atoms with Crippen LogP contribution in [0.3, 0.4) is 0 Å². The van der Waals surface area contributed by atoms with E-state index in [2.05, 4.69) is 27.1 Å². The van der Waals surface area contributed by atoms with Gasteiger partial charge in [-0.3, -0.25) is 9.78 Å². The van der Waals surface area contributed by atoms with E-state index in [4.69, 9.17) is 5.73 Å². The van der Waals surface area contributed by atoms with E-state index in [0.717, 1.165) is 36.5 Å². The van der Waals surface area contributed by atoms with Crippen LogP contribution < -0.4 is 16.0 Å². The zero-order chi connectivity index (χ0) is 16.9. The summed E-state index contributed by atoms with van der Waals surface area (Å²) in [6.45, 7) is 3.66. The predicted octanol–water partition coefficient (Wildman–Crippen LogP) is 2.35. The molecule has 0 radical (unpaired) electrons. The smallest absolute Gasteiger partial charge is 0.222 e. The summed E-state index contributed by atoms with van der Waals surface area (Å²) in [5.74, 6) is 0.591. The number of nitrogens with one attached hydrogen (secondary N) is 1. The van der Waals surface area contributed by atoms with Crippen molar-refractivity contribution < 1.29 is 4.79 Å². The van der Waals surface area contributed by atoms with Crippen molar-refractivity contribution in [2.24, 2.45) is 11.7 Å². The Kier molecular flexibility index (Phi) is 4.93. The SMILES string of the molecule is C[C@H](Nc1ccc(N2CCC[C@@H](C(N)=O)C2)nc1)c1cccnc1. The summed E-state index contributed by atoms with van der Waals surface area (Å²) in [4.78, 5) is 22.2. The molecule has 1 aliphatic rings. The van der Waals surface area contributed by atoms with Gasteiger partial charge in [-0.1, -0.05) is 6.07 Å². The minimum absolute atomic E-state index is 0.0797. The molecule has 0 saturated carbocycles. The van der Waals surface area contributed by atoms with Gasteiger partial charge in [-0.2, -0.15) is 0 Å². The fraction of sp³-hybridized carbons (Fsp3) is 0.389. The van der Waals surface area contributed by atoms with Crippen molar-refractivity contribution >= 4 is 17.4 Å². The standard InChI is InChI=1S/C18H23N5O/c1-13(14-4-2-8-20-10-14)22-16-6-7-17(21-11-16)23-9-3-5-15(12-23)18(19)24/h2,4,6-8,10-11,13,15,22H,3,5,9,12H2,1H3,(H2,19,24)/t13-,15+/m0/s1. The van der Waals surface area contributed by atoms with Crippen molar-refractivity contribution in [1.82, 2.24) is 9.97 Å². The second-order valence-corrected chi connectivity index (χ2v) is 6.24. The fourth-order valence-corrected chi connectivity index (χ4v) is 3.04. The number of piperidine rings is 1. The molecule has 0 aromatic carbocycles. The fourth-order valence-electron chi connectivity index (χ4n) is 3.04. The molecule has 0 spiro atoms. The maximum atomic E-state index is 11.4. The predicted molar refractivity (Wildman–Crippen MR) is 94.6 cm³/mol. The molecule has 0 bridgehead atoms. The second kappa shape index (κ2) is 7.29. The van der Waals surface area contributed by atoms with E-state index in [9.17, 15) is 4.79 Å². The van der Waals surface area contributed by atoms with Gasteiger partial charge in [0.1, 0.15) is 5.82 Å². The van der Waals surface area contributed by atoms with Crippen LogP contribution in [-0.2, 0) is 4.79 Å². The van der Waals surface area contributed by atoms with Crippen LogP contribution in [0.5, 0.6) is 0 Å². The van der Waals surface area contributed by atoms with Crippen LogP contribution in [0.4, 0.5) is 11.5 Å². The third kappa shape index (κ3) is 3.82. The van der Waals surface area contributed by atoms with Gasteiger partial charge in [0.15, 0.2) is 0 Å². The Labute approximate surface area is 142 Å². The molecule has 6 nitrogen and oxygen atoms in total. The van der Waals surface area contributed by atoms with Gasteiger partial charge in [0.25, 0.3) is 0 Å². The number of aromatic nitrogens is 2. The van der Waals surface area contributed by atoms with Crippen molar-refractivity contribution in [1.29, 1.82) is 0 Å². The molecule has 0 unspecified atom stereocenters.